The molecule has 0 saturated carbocycles. The Hall–Kier alpha value is -1.94. The summed E-state index contributed by atoms with van der Waals surface area (Å²) in [5.74, 6) is 0. The molecule has 2 aromatic heterocycles. The van der Waals surface area contributed by atoms with Crippen LogP contribution in [0.25, 0.3) is 11.0 Å². The average molecular weight is 283 g/mol. The maximum Gasteiger partial charge on any atom is 0.331 e. The van der Waals surface area contributed by atoms with Gasteiger partial charge in [-0.2, -0.15) is 0 Å². The van der Waals surface area contributed by atoms with Crippen LogP contribution in [0.2, 0.25) is 0 Å². The number of hydrogen-bond acceptors (Lipinski definition) is 6. The van der Waals surface area contributed by atoms with Gasteiger partial charge in [-0.1, -0.05) is 0 Å². The van der Waals surface area contributed by atoms with E-state index in [0.717, 1.165) is 4.57 Å². The van der Waals surface area contributed by atoms with E-state index in [4.69, 9.17) is 9.84 Å². The first kappa shape index (κ1) is 13.1. The standard InChI is InChI=1S/C11H13N3O6/c15-3-5-7(16)8(17)10(20-5)14-4-1-2-12-6(4)9(18)13-11(14)19/h1-2,5,7-8,10,12,15-17H,3H2,(H,13,18,19)/t5-,7-,8+,10-/m1/s1. The SMILES string of the molecule is O=c1[nH]c(=O)n([C@@H]2O[C@H](CO)[C@@H](O)[C@@H]2O)c2cc[nH]c12. The Morgan fingerprint density at radius 1 is 1.30 bits per heavy atom. The van der Waals surface area contributed by atoms with Gasteiger partial charge in [0.05, 0.1) is 12.1 Å². The summed E-state index contributed by atoms with van der Waals surface area (Å²) in [6.45, 7) is -0.497. The van der Waals surface area contributed by atoms with Crippen molar-refractivity contribution in [3.8, 4) is 0 Å². The van der Waals surface area contributed by atoms with E-state index >= 15 is 0 Å². The maximum absolute atomic E-state index is 11.9. The minimum atomic E-state index is -1.39. The highest BCUT2D eigenvalue weighted by Crippen LogP contribution is 2.29. The van der Waals surface area contributed by atoms with Crippen LogP contribution in [-0.2, 0) is 4.74 Å². The minimum Gasteiger partial charge on any atom is -0.394 e. The highest BCUT2D eigenvalue weighted by Gasteiger charge is 2.44. The summed E-state index contributed by atoms with van der Waals surface area (Å²) < 4.78 is 6.33. The van der Waals surface area contributed by atoms with Crippen molar-refractivity contribution in [2.45, 2.75) is 24.5 Å². The summed E-state index contributed by atoms with van der Waals surface area (Å²) in [6.07, 6.45) is -3.43. The van der Waals surface area contributed by atoms with E-state index in [0.29, 0.717) is 0 Å². The summed E-state index contributed by atoms with van der Waals surface area (Å²) in [6, 6.07) is 1.49. The number of hydrogen-bond donors (Lipinski definition) is 5. The molecular formula is C11H13N3O6. The molecule has 2 aromatic rings. The normalized spacial score (nSPS) is 30.1. The number of aromatic nitrogens is 3. The van der Waals surface area contributed by atoms with E-state index in [-0.39, 0.29) is 11.0 Å². The van der Waals surface area contributed by atoms with Gasteiger partial charge in [-0.05, 0) is 6.07 Å². The highest BCUT2D eigenvalue weighted by atomic mass is 16.6. The molecule has 3 heterocycles. The Bertz CT molecular complexity index is 746. The van der Waals surface area contributed by atoms with Crippen molar-refractivity contribution in [2.24, 2.45) is 0 Å². The molecule has 1 aliphatic rings. The molecule has 0 amide bonds. The van der Waals surface area contributed by atoms with Crippen molar-refractivity contribution in [3.05, 3.63) is 33.1 Å². The molecule has 1 aliphatic heterocycles. The lowest BCUT2D eigenvalue weighted by molar-refractivity contribution is -0.0527. The smallest absolute Gasteiger partial charge is 0.331 e. The number of nitrogens with zero attached hydrogens (tertiary/aromatic N) is 1. The van der Waals surface area contributed by atoms with E-state index in [1.807, 2.05) is 0 Å². The van der Waals surface area contributed by atoms with Crippen LogP contribution in [-0.4, -0.2) is 54.8 Å². The molecule has 9 heteroatoms. The van der Waals surface area contributed by atoms with Crippen LogP contribution < -0.4 is 11.2 Å². The summed E-state index contributed by atoms with van der Waals surface area (Å²) in [7, 11) is 0. The zero-order valence-electron chi connectivity index (χ0n) is 10.2. The van der Waals surface area contributed by atoms with Gasteiger partial charge >= 0.3 is 5.69 Å². The fraction of sp³-hybridized carbons (Fsp3) is 0.455. The van der Waals surface area contributed by atoms with Crippen LogP contribution in [0.3, 0.4) is 0 Å². The predicted octanol–water partition coefficient (Wildman–Crippen LogP) is -2.37. The number of H-pyrrole nitrogens is 2. The zero-order valence-corrected chi connectivity index (χ0v) is 10.2. The van der Waals surface area contributed by atoms with E-state index in [2.05, 4.69) is 9.97 Å². The number of ether oxygens (including phenoxy) is 1. The summed E-state index contributed by atoms with van der Waals surface area (Å²) in [5.41, 5.74) is -0.953. The topological polar surface area (TPSA) is 141 Å². The zero-order chi connectivity index (χ0) is 14.4. The van der Waals surface area contributed by atoms with Gasteiger partial charge in [-0.25, -0.2) is 4.79 Å². The second-order valence-corrected chi connectivity index (χ2v) is 4.60. The summed E-state index contributed by atoms with van der Waals surface area (Å²) in [5, 5.41) is 28.7. The lowest BCUT2D eigenvalue weighted by Gasteiger charge is -2.18. The second kappa shape index (κ2) is 4.56. The Morgan fingerprint density at radius 2 is 2.05 bits per heavy atom. The predicted molar refractivity (Wildman–Crippen MR) is 66.2 cm³/mol. The number of aromatic amines is 2. The van der Waals surface area contributed by atoms with Crippen molar-refractivity contribution >= 4 is 11.0 Å². The van der Waals surface area contributed by atoms with Crippen LogP contribution >= 0.6 is 0 Å². The molecule has 0 radical (unpaired) electrons. The third-order valence-corrected chi connectivity index (χ3v) is 3.42. The van der Waals surface area contributed by atoms with Gasteiger partial charge in [0.1, 0.15) is 23.8 Å². The molecule has 0 spiro atoms. The monoisotopic (exact) mass is 283 g/mol. The van der Waals surface area contributed by atoms with Crippen molar-refractivity contribution < 1.29 is 20.1 Å². The Kier molecular flexibility index (Phi) is 2.98. The third-order valence-electron chi connectivity index (χ3n) is 3.42. The lowest BCUT2D eigenvalue weighted by atomic mass is 10.1. The van der Waals surface area contributed by atoms with Crippen molar-refractivity contribution in [2.75, 3.05) is 6.61 Å². The lowest BCUT2D eigenvalue weighted by Crippen LogP contribution is -2.38. The number of fused-ring (bicyclic) bond motifs is 1. The van der Waals surface area contributed by atoms with E-state index in [1.165, 1.54) is 12.3 Å². The molecular weight excluding hydrogens is 270 g/mol. The van der Waals surface area contributed by atoms with Crippen LogP contribution in [0.15, 0.2) is 21.9 Å². The number of aliphatic hydroxyl groups is 3. The first-order chi connectivity index (χ1) is 9.54. The molecule has 0 aromatic carbocycles. The van der Waals surface area contributed by atoms with Crippen LogP contribution in [0.1, 0.15) is 6.23 Å². The molecule has 0 unspecified atom stereocenters. The molecule has 1 saturated heterocycles. The Balaban J connectivity index is 2.18. The van der Waals surface area contributed by atoms with Crippen molar-refractivity contribution in [1.82, 2.24) is 14.5 Å². The number of rotatable bonds is 2. The minimum absolute atomic E-state index is 0.155. The summed E-state index contributed by atoms with van der Waals surface area (Å²) in [4.78, 5) is 28.3. The third kappa shape index (κ3) is 1.72. The Labute approximate surface area is 111 Å². The van der Waals surface area contributed by atoms with Gasteiger partial charge in [-0.15, -0.1) is 0 Å². The molecule has 1 fully saturated rings. The molecule has 9 nitrogen and oxygen atoms in total. The van der Waals surface area contributed by atoms with Gasteiger partial charge in [0.25, 0.3) is 5.56 Å². The Morgan fingerprint density at radius 3 is 2.70 bits per heavy atom. The van der Waals surface area contributed by atoms with Crippen LogP contribution in [0.4, 0.5) is 0 Å². The van der Waals surface area contributed by atoms with Gasteiger partial charge in [0, 0.05) is 6.20 Å². The largest absolute Gasteiger partial charge is 0.394 e. The van der Waals surface area contributed by atoms with Crippen molar-refractivity contribution in [3.63, 3.8) is 0 Å². The maximum atomic E-state index is 11.9. The van der Waals surface area contributed by atoms with Crippen LogP contribution in [0.5, 0.6) is 0 Å². The molecule has 108 valence electrons. The summed E-state index contributed by atoms with van der Waals surface area (Å²) >= 11 is 0. The van der Waals surface area contributed by atoms with Gasteiger partial charge < -0.3 is 25.0 Å². The fourth-order valence-corrected chi connectivity index (χ4v) is 2.42. The molecule has 20 heavy (non-hydrogen) atoms. The highest BCUT2D eigenvalue weighted by molar-refractivity contribution is 5.74. The van der Waals surface area contributed by atoms with E-state index in [9.17, 15) is 19.8 Å². The van der Waals surface area contributed by atoms with E-state index in [1.54, 1.807) is 0 Å². The molecule has 4 atom stereocenters. The fourth-order valence-electron chi connectivity index (χ4n) is 2.42. The number of nitrogens with one attached hydrogen (secondary N) is 2. The first-order valence-electron chi connectivity index (χ1n) is 5.99. The molecule has 5 N–H and O–H groups in total. The first-order valence-corrected chi connectivity index (χ1v) is 5.99. The van der Waals surface area contributed by atoms with E-state index < -0.39 is 42.4 Å². The molecule has 0 bridgehead atoms. The molecule has 0 aliphatic carbocycles. The number of aliphatic hydroxyl groups excluding tert-OH is 3. The quantitative estimate of drug-likeness (QED) is 0.417. The second-order valence-electron chi connectivity index (χ2n) is 4.60. The van der Waals surface area contributed by atoms with Gasteiger partial charge in [-0.3, -0.25) is 14.3 Å². The molecule has 3 rings (SSSR count). The average Bonchev–Trinajstić information content (AvgIpc) is 2.99. The van der Waals surface area contributed by atoms with Gasteiger partial charge in [0.2, 0.25) is 0 Å². The van der Waals surface area contributed by atoms with Crippen LogP contribution in [0, 0.1) is 0 Å². The van der Waals surface area contributed by atoms with Gasteiger partial charge in [0.15, 0.2) is 6.23 Å². The van der Waals surface area contributed by atoms with Crippen molar-refractivity contribution in [1.29, 1.82) is 0 Å².